The molecule has 33 heavy (non-hydrogen) atoms. The molecule has 0 radical (unpaired) electrons. The standard InChI is InChI=1S/C21H15N5O5S2/c27-20(9-4-16-5-10-21(32-16)26(28)29)24-14-1-6-17(7-2-14)33(30,31)25-15-3-8-18-19(13-15)23-12-11-22-18/h1-13,25H,(H,24,27)/b9-4+. The van der Waals surface area contributed by atoms with Gasteiger partial charge in [0.2, 0.25) is 5.91 Å². The van der Waals surface area contributed by atoms with E-state index in [2.05, 4.69) is 20.0 Å². The van der Waals surface area contributed by atoms with Gasteiger partial charge in [0, 0.05) is 35.1 Å². The first-order chi connectivity index (χ1) is 15.8. The van der Waals surface area contributed by atoms with Crippen LogP contribution in [0.4, 0.5) is 16.4 Å². The summed E-state index contributed by atoms with van der Waals surface area (Å²) < 4.78 is 27.9. The number of nitrogens with one attached hydrogen (secondary N) is 2. The molecule has 10 nitrogen and oxygen atoms in total. The molecule has 0 spiro atoms. The molecule has 0 bridgehead atoms. The van der Waals surface area contributed by atoms with E-state index in [1.54, 1.807) is 30.5 Å². The number of fused-ring (bicyclic) bond motifs is 1. The van der Waals surface area contributed by atoms with Gasteiger partial charge in [-0.2, -0.15) is 0 Å². The summed E-state index contributed by atoms with van der Waals surface area (Å²) in [5.74, 6) is -0.461. The van der Waals surface area contributed by atoms with Crippen molar-refractivity contribution in [2.45, 2.75) is 4.90 Å². The minimum absolute atomic E-state index is 0.0150. The van der Waals surface area contributed by atoms with Gasteiger partial charge in [-0.3, -0.25) is 29.6 Å². The summed E-state index contributed by atoms with van der Waals surface area (Å²) in [6.07, 6.45) is 5.78. The van der Waals surface area contributed by atoms with E-state index in [1.165, 1.54) is 48.7 Å². The monoisotopic (exact) mass is 481 g/mol. The molecule has 0 fully saturated rings. The van der Waals surface area contributed by atoms with Crippen LogP contribution in [0.1, 0.15) is 4.88 Å². The second kappa shape index (κ2) is 9.14. The van der Waals surface area contributed by atoms with Gasteiger partial charge in [-0.1, -0.05) is 11.3 Å². The summed E-state index contributed by atoms with van der Waals surface area (Å²) in [7, 11) is -3.86. The molecule has 0 saturated heterocycles. The van der Waals surface area contributed by atoms with E-state index < -0.39 is 20.9 Å². The number of thiophene rings is 1. The van der Waals surface area contributed by atoms with Crippen molar-refractivity contribution in [1.29, 1.82) is 0 Å². The van der Waals surface area contributed by atoms with Crippen LogP contribution >= 0.6 is 11.3 Å². The van der Waals surface area contributed by atoms with Gasteiger partial charge in [0.1, 0.15) is 0 Å². The van der Waals surface area contributed by atoms with Gasteiger partial charge in [0.25, 0.3) is 10.0 Å². The maximum absolute atomic E-state index is 12.7. The second-order valence-corrected chi connectivity index (χ2v) is 9.42. The van der Waals surface area contributed by atoms with E-state index in [-0.39, 0.29) is 9.90 Å². The number of aromatic nitrogens is 2. The number of carbonyl (C=O) groups is 1. The van der Waals surface area contributed by atoms with Gasteiger partial charge in [-0.15, -0.1) is 0 Å². The maximum Gasteiger partial charge on any atom is 0.324 e. The van der Waals surface area contributed by atoms with Gasteiger partial charge < -0.3 is 5.32 Å². The molecule has 0 aliphatic heterocycles. The molecule has 4 rings (SSSR count). The van der Waals surface area contributed by atoms with Crippen molar-refractivity contribution in [3.63, 3.8) is 0 Å². The lowest BCUT2D eigenvalue weighted by atomic mass is 10.3. The Balaban J connectivity index is 1.41. The van der Waals surface area contributed by atoms with E-state index in [9.17, 15) is 23.3 Å². The Kier molecular flexibility index (Phi) is 6.11. The largest absolute Gasteiger partial charge is 0.324 e. The number of sulfonamides is 1. The highest BCUT2D eigenvalue weighted by molar-refractivity contribution is 7.92. The molecule has 0 unspecified atom stereocenters. The van der Waals surface area contributed by atoms with E-state index in [1.807, 2.05) is 0 Å². The Morgan fingerprint density at radius 2 is 1.67 bits per heavy atom. The van der Waals surface area contributed by atoms with Crippen LogP contribution in [0.25, 0.3) is 17.1 Å². The van der Waals surface area contributed by atoms with Crippen LogP contribution in [0, 0.1) is 10.1 Å². The molecule has 0 aliphatic carbocycles. The van der Waals surface area contributed by atoms with Crippen LogP contribution in [-0.4, -0.2) is 29.2 Å². The zero-order valence-electron chi connectivity index (χ0n) is 16.7. The van der Waals surface area contributed by atoms with E-state index in [0.717, 1.165) is 11.3 Å². The van der Waals surface area contributed by atoms with Crippen molar-refractivity contribution in [1.82, 2.24) is 9.97 Å². The number of hydrogen-bond acceptors (Lipinski definition) is 8. The van der Waals surface area contributed by atoms with E-state index in [0.29, 0.717) is 27.3 Å². The fraction of sp³-hybridized carbons (Fsp3) is 0. The SMILES string of the molecule is O=C(/C=C/c1ccc([N+](=O)[O-])s1)Nc1ccc(S(=O)(=O)Nc2ccc3nccnc3c2)cc1. The lowest BCUT2D eigenvalue weighted by Crippen LogP contribution is -2.13. The zero-order valence-corrected chi connectivity index (χ0v) is 18.3. The van der Waals surface area contributed by atoms with Crippen molar-refractivity contribution in [3.05, 3.63) is 88.1 Å². The first-order valence-electron chi connectivity index (χ1n) is 9.37. The Labute approximate surface area is 191 Å². The van der Waals surface area contributed by atoms with Gasteiger partial charge in [-0.25, -0.2) is 8.42 Å². The van der Waals surface area contributed by atoms with Crippen LogP contribution in [0.15, 0.2) is 78.0 Å². The van der Waals surface area contributed by atoms with Gasteiger partial charge in [0.15, 0.2) is 0 Å². The Morgan fingerprint density at radius 3 is 2.36 bits per heavy atom. The fourth-order valence-corrected chi connectivity index (χ4v) is 4.60. The third-order valence-electron chi connectivity index (χ3n) is 4.35. The van der Waals surface area contributed by atoms with Crippen LogP contribution in [0.5, 0.6) is 0 Å². The van der Waals surface area contributed by atoms with Crippen molar-refractivity contribution >= 4 is 60.8 Å². The first-order valence-corrected chi connectivity index (χ1v) is 11.7. The number of rotatable bonds is 7. The molecule has 2 aromatic heterocycles. The molecule has 2 aromatic carbocycles. The van der Waals surface area contributed by atoms with Crippen LogP contribution in [0.2, 0.25) is 0 Å². The molecule has 2 heterocycles. The maximum atomic E-state index is 12.7. The zero-order chi connectivity index (χ0) is 23.4. The third kappa shape index (κ3) is 5.37. The predicted molar refractivity (Wildman–Crippen MR) is 125 cm³/mol. The van der Waals surface area contributed by atoms with Crippen LogP contribution < -0.4 is 10.0 Å². The van der Waals surface area contributed by atoms with Crippen molar-refractivity contribution in [3.8, 4) is 0 Å². The summed E-state index contributed by atoms with van der Waals surface area (Å²) in [4.78, 5) is 31.2. The van der Waals surface area contributed by atoms with Gasteiger partial charge in [0.05, 0.1) is 26.5 Å². The minimum atomic E-state index is -3.86. The number of nitrogens with zero attached hydrogens (tertiary/aromatic N) is 3. The van der Waals surface area contributed by atoms with Gasteiger partial charge >= 0.3 is 5.00 Å². The first kappa shape index (κ1) is 22.0. The molecule has 0 aliphatic rings. The number of benzene rings is 2. The Bertz CT molecular complexity index is 1480. The quantitative estimate of drug-likeness (QED) is 0.230. The number of nitro groups is 1. The second-order valence-electron chi connectivity index (χ2n) is 6.65. The molecule has 0 atom stereocenters. The Morgan fingerprint density at radius 1 is 0.970 bits per heavy atom. The molecule has 12 heteroatoms. The average Bonchev–Trinajstić information content (AvgIpc) is 3.27. The lowest BCUT2D eigenvalue weighted by molar-refractivity contribution is -0.380. The van der Waals surface area contributed by atoms with E-state index >= 15 is 0 Å². The number of anilines is 2. The third-order valence-corrected chi connectivity index (χ3v) is 6.74. The number of carbonyl (C=O) groups excluding carboxylic acids is 1. The molecule has 0 saturated carbocycles. The van der Waals surface area contributed by atoms with Crippen LogP contribution in [0.3, 0.4) is 0 Å². The summed E-state index contributed by atoms with van der Waals surface area (Å²) in [6, 6.07) is 13.4. The number of amides is 1. The molecule has 4 aromatic rings. The summed E-state index contributed by atoms with van der Waals surface area (Å²) in [6.45, 7) is 0. The van der Waals surface area contributed by atoms with Crippen LogP contribution in [-0.2, 0) is 14.8 Å². The fourth-order valence-electron chi connectivity index (χ4n) is 2.83. The Hall–Kier alpha value is -4.16. The highest BCUT2D eigenvalue weighted by Crippen LogP contribution is 2.25. The molecule has 1 amide bonds. The van der Waals surface area contributed by atoms with Gasteiger partial charge in [-0.05, 0) is 54.6 Å². The highest BCUT2D eigenvalue weighted by Gasteiger charge is 2.15. The smallest absolute Gasteiger partial charge is 0.323 e. The normalized spacial score (nSPS) is 11.5. The highest BCUT2D eigenvalue weighted by atomic mass is 32.2. The predicted octanol–water partition coefficient (Wildman–Crippen LogP) is 4.05. The molecular formula is C21H15N5O5S2. The van der Waals surface area contributed by atoms with E-state index in [4.69, 9.17) is 0 Å². The van der Waals surface area contributed by atoms with Crippen molar-refractivity contribution < 1.29 is 18.1 Å². The molecule has 166 valence electrons. The average molecular weight is 482 g/mol. The minimum Gasteiger partial charge on any atom is -0.323 e. The number of hydrogen-bond donors (Lipinski definition) is 2. The molecular weight excluding hydrogens is 466 g/mol. The molecule has 2 N–H and O–H groups in total. The van der Waals surface area contributed by atoms with Crippen molar-refractivity contribution in [2.75, 3.05) is 10.0 Å². The summed E-state index contributed by atoms with van der Waals surface area (Å²) >= 11 is 0.948. The summed E-state index contributed by atoms with van der Waals surface area (Å²) in [5.41, 5.74) is 1.94. The topological polar surface area (TPSA) is 144 Å². The summed E-state index contributed by atoms with van der Waals surface area (Å²) in [5, 5.41) is 13.3. The lowest BCUT2D eigenvalue weighted by Gasteiger charge is -2.09. The van der Waals surface area contributed by atoms with Crippen molar-refractivity contribution in [2.24, 2.45) is 0 Å².